The molecule has 0 saturated heterocycles. The molecule has 0 unspecified atom stereocenters. The van der Waals surface area contributed by atoms with Gasteiger partial charge in [0, 0.05) is 0 Å². The highest BCUT2D eigenvalue weighted by atomic mass is 19.2. The molecule has 5 nitrogen and oxygen atoms in total. The van der Waals surface area contributed by atoms with E-state index in [1.807, 2.05) is 0 Å². The van der Waals surface area contributed by atoms with Crippen molar-refractivity contribution in [1.82, 2.24) is 0 Å². The SMILES string of the molecule is CC1=NN(c2c(F)c(F)c(F)c(F)c2F)C(=O)/C1=C/c1ccc2c(c1)OCO2. The van der Waals surface area contributed by atoms with E-state index in [1.54, 1.807) is 18.2 Å². The quantitative estimate of drug-likeness (QED) is 0.335. The monoisotopic (exact) mass is 396 g/mol. The van der Waals surface area contributed by atoms with Crippen LogP contribution in [-0.2, 0) is 4.79 Å². The smallest absolute Gasteiger partial charge is 0.280 e. The lowest BCUT2D eigenvalue weighted by atomic mass is 10.1. The molecule has 0 bridgehead atoms. The maximum atomic E-state index is 14.0. The van der Waals surface area contributed by atoms with Gasteiger partial charge in [0.25, 0.3) is 5.91 Å². The number of carbonyl (C=O) groups excluding carboxylic acids is 1. The molecule has 2 aromatic rings. The Kier molecular flexibility index (Phi) is 4.06. The summed E-state index contributed by atoms with van der Waals surface area (Å²) in [5.41, 5.74) is -0.995. The molecule has 0 aliphatic carbocycles. The minimum atomic E-state index is -2.32. The van der Waals surface area contributed by atoms with Crippen LogP contribution in [0.5, 0.6) is 11.5 Å². The van der Waals surface area contributed by atoms with E-state index in [2.05, 4.69) is 5.10 Å². The summed E-state index contributed by atoms with van der Waals surface area (Å²) in [6.45, 7) is 1.41. The van der Waals surface area contributed by atoms with Crippen LogP contribution in [0.1, 0.15) is 12.5 Å². The first-order valence-electron chi connectivity index (χ1n) is 7.82. The molecule has 1 amide bonds. The van der Waals surface area contributed by atoms with Gasteiger partial charge in [0.15, 0.2) is 34.8 Å². The Morgan fingerprint density at radius 3 is 2.25 bits per heavy atom. The van der Waals surface area contributed by atoms with Gasteiger partial charge in [-0.1, -0.05) is 6.07 Å². The van der Waals surface area contributed by atoms with Gasteiger partial charge in [0.1, 0.15) is 5.69 Å². The van der Waals surface area contributed by atoms with Crippen molar-refractivity contribution in [1.29, 1.82) is 0 Å². The summed E-state index contributed by atoms with van der Waals surface area (Å²) in [5.74, 6) is -11.0. The van der Waals surface area contributed by atoms with E-state index in [0.29, 0.717) is 17.1 Å². The number of benzene rings is 2. The zero-order valence-corrected chi connectivity index (χ0v) is 14.0. The fraction of sp³-hybridized carbons (Fsp3) is 0.111. The molecular formula is C18H9F5N2O3. The van der Waals surface area contributed by atoms with Gasteiger partial charge in [-0.05, 0) is 30.7 Å². The average molecular weight is 396 g/mol. The van der Waals surface area contributed by atoms with E-state index in [4.69, 9.17) is 9.47 Å². The number of fused-ring (bicyclic) bond motifs is 1. The predicted octanol–water partition coefficient (Wildman–Crippen LogP) is 3.92. The van der Waals surface area contributed by atoms with Crippen molar-refractivity contribution < 1.29 is 36.2 Å². The molecule has 0 atom stereocenters. The van der Waals surface area contributed by atoms with E-state index in [-0.39, 0.29) is 23.1 Å². The first kappa shape index (κ1) is 18.0. The van der Waals surface area contributed by atoms with Crippen LogP contribution >= 0.6 is 0 Å². The molecule has 0 fully saturated rings. The largest absolute Gasteiger partial charge is 0.454 e. The molecular weight excluding hydrogens is 387 g/mol. The summed E-state index contributed by atoms with van der Waals surface area (Å²) < 4.78 is 78.6. The van der Waals surface area contributed by atoms with Crippen LogP contribution in [0.4, 0.5) is 27.6 Å². The first-order valence-corrected chi connectivity index (χ1v) is 7.82. The van der Waals surface area contributed by atoms with Crippen molar-refractivity contribution >= 4 is 23.4 Å². The molecule has 10 heteroatoms. The number of hydrogen-bond donors (Lipinski definition) is 0. The van der Waals surface area contributed by atoms with Crippen LogP contribution in [0.2, 0.25) is 0 Å². The molecule has 4 rings (SSSR count). The Morgan fingerprint density at radius 1 is 0.964 bits per heavy atom. The van der Waals surface area contributed by atoms with Crippen LogP contribution in [0.15, 0.2) is 28.9 Å². The van der Waals surface area contributed by atoms with Gasteiger partial charge in [0.05, 0.1) is 11.3 Å². The van der Waals surface area contributed by atoms with E-state index >= 15 is 0 Å². The van der Waals surface area contributed by atoms with Gasteiger partial charge >= 0.3 is 0 Å². The van der Waals surface area contributed by atoms with Gasteiger partial charge in [-0.3, -0.25) is 4.79 Å². The lowest BCUT2D eigenvalue weighted by molar-refractivity contribution is -0.114. The van der Waals surface area contributed by atoms with Crippen molar-refractivity contribution in [3.63, 3.8) is 0 Å². The molecule has 144 valence electrons. The Bertz CT molecular complexity index is 1070. The van der Waals surface area contributed by atoms with Crippen LogP contribution in [0, 0.1) is 29.1 Å². The van der Waals surface area contributed by atoms with E-state index in [1.165, 1.54) is 13.0 Å². The number of halogens is 5. The zero-order valence-electron chi connectivity index (χ0n) is 14.0. The third kappa shape index (κ3) is 2.60. The number of carbonyl (C=O) groups is 1. The van der Waals surface area contributed by atoms with E-state index < -0.39 is 40.7 Å². The Morgan fingerprint density at radius 2 is 1.57 bits per heavy atom. The van der Waals surface area contributed by atoms with Crippen LogP contribution in [0.3, 0.4) is 0 Å². The summed E-state index contributed by atoms with van der Waals surface area (Å²) in [4.78, 5) is 12.6. The highest BCUT2D eigenvalue weighted by Gasteiger charge is 2.37. The maximum absolute atomic E-state index is 14.0. The Labute approximate surface area is 154 Å². The third-order valence-corrected chi connectivity index (χ3v) is 4.17. The molecule has 28 heavy (non-hydrogen) atoms. The van der Waals surface area contributed by atoms with Gasteiger partial charge < -0.3 is 9.47 Å². The number of ether oxygens (including phenoxy) is 2. The second-order valence-electron chi connectivity index (χ2n) is 5.89. The van der Waals surface area contributed by atoms with Crippen molar-refractivity contribution in [3.8, 4) is 11.5 Å². The van der Waals surface area contributed by atoms with E-state index in [9.17, 15) is 26.7 Å². The zero-order chi connectivity index (χ0) is 20.2. The summed E-state index contributed by atoms with van der Waals surface area (Å²) in [7, 11) is 0. The minimum absolute atomic E-state index is 0.0339. The van der Waals surface area contributed by atoms with Crippen LogP contribution < -0.4 is 14.5 Å². The standard InChI is InChI=1S/C18H9F5N2O3/c1-7-9(4-8-2-3-10-11(5-8)28-6-27-10)18(26)25(24-7)17-15(22)13(20)12(19)14(21)16(17)23/h2-5H,6H2,1H3/b9-4+. The summed E-state index contributed by atoms with van der Waals surface area (Å²) >= 11 is 0. The lowest BCUT2D eigenvalue weighted by Gasteiger charge is -2.15. The van der Waals surface area contributed by atoms with Gasteiger partial charge in [-0.15, -0.1) is 0 Å². The van der Waals surface area contributed by atoms with Crippen LogP contribution in [-0.4, -0.2) is 18.4 Å². The highest BCUT2D eigenvalue weighted by Crippen LogP contribution is 2.36. The fourth-order valence-electron chi connectivity index (χ4n) is 2.78. The molecule has 0 radical (unpaired) electrons. The van der Waals surface area contributed by atoms with Crippen molar-refractivity contribution in [2.75, 3.05) is 11.8 Å². The number of rotatable bonds is 2. The average Bonchev–Trinajstić information content (AvgIpc) is 3.25. The first-order chi connectivity index (χ1) is 13.3. The number of amides is 1. The fourth-order valence-corrected chi connectivity index (χ4v) is 2.78. The van der Waals surface area contributed by atoms with E-state index in [0.717, 1.165) is 0 Å². The third-order valence-electron chi connectivity index (χ3n) is 4.17. The molecule has 2 aromatic carbocycles. The maximum Gasteiger partial charge on any atom is 0.280 e. The molecule has 2 aliphatic rings. The Balaban J connectivity index is 1.76. The van der Waals surface area contributed by atoms with Gasteiger partial charge in [-0.25, -0.2) is 22.0 Å². The van der Waals surface area contributed by atoms with Crippen molar-refractivity contribution in [2.45, 2.75) is 6.92 Å². The number of anilines is 1. The Hall–Kier alpha value is -3.43. The van der Waals surface area contributed by atoms with Gasteiger partial charge in [0.2, 0.25) is 12.6 Å². The highest BCUT2D eigenvalue weighted by molar-refractivity contribution is 6.32. The minimum Gasteiger partial charge on any atom is -0.454 e. The molecule has 0 N–H and O–H groups in total. The molecule has 0 aromatic heterocycles. The molecule has 2 aliphatic heterocycles. The molecule has 0 spiro atoms. The summed E-state index contributed by atoms with van der Waals surface area (Å²) in [6.07, 6.45) is 1.36. The second-order valence-corrected chi connectivity index (χ2v) is 5.89. The predicted molar refractivity (Wildman–Crippen MR) is 87.4 cm³/mol. The topological polar surface area (TPSA) is 51.1 Å². The molecule has 2 heterocycles. The van der Waals surface area contributed by atoms with Crippen molar-refractivity contribution in [2.24, 2.45) is 5.10 Å². The number of nitrogens with zero attached hydrogens (tertiary/aromatic N) is 2. The van der Waals surface area contributed by atoms with Crippen LogP contribution in [0.25, 0.3) is 6.08 Å². The lowest BCUT2D eigenvalue weighted by Crippen LogP contribution is -2.25. The van der Waals surface area contributed by atoms with Crippen molar-refractivity contribution in [3.05, 3.63) is 58.4 Å². The normalized spacial score (nSPS) is 16.9. The van der Waals surface area contributed by atoms with Gasteiger partial charge in [-0.2, -0.15) is 10.1 Å². The second kappa shape index (κ2) is 6.32. The summed E-state index contributed by atoms with van der Waals surface area (Å²) in [5, 5.41) is 3.82. The number of hydrazone groups is 1. The molecule has 0 saturated carbocycles. The summed E-state index contributed by atoms with van der Waals surface area (Å²) in [6, 6.07) is 4.77. The number of hydrogen-bond acceptors (Lipinski definition) is 4.